The van der Waals surface area contributed by atoms with Gasteiger partial charge in [-0.15, -0.1) is 0 Å². The van der Waals surface area contributed by atoms with Crippen LogP contribution in [0.1, 0.15) is 5.76 Å². The van der Waals surface area contributed by atoms with Crippen molar-refractivity contribution in [2.45, 2.75) is 5.88 Å². The molecule has 0 aliphatic carbocycles. The van der Waals surface area contributed by atoms with E-state index in [9.17, 15) is 13.2 Å². The zero-order valence-electron chi connectivity index (χ0n) is 10.6. The highest BCUT2D eigenvalue weighted by atomic mass is 35.5. The molecule has 1 amide bonds. The van der Waals surface area contributed by atoms with E-state index in [-0.39, 0.29) is 0 Å². The number of nitrogens with zero attached hydrogens (tertiary/aromatic N) is 3. The molecule has 10 heteroatoms. The molecule has 2 heterocycles. The Kier molecular flexibility index (Phi) is 4.76. The molecule has 0 radical (unpaired) electrons. The van der Waals surface area contributed by atoms with Crippen LogP contribution in [-0.2, 0) is 20.5 Å². The summed E-state index contributed by atoms with van der Waals surface area (Å²) < 4.78 is 29.6. The molecule has 2 aromatic heterocycles. The van der Waals surface area contributed by atoms with Crippen LogP contribution in [-0.4, -0.2) is 36.1 Å². The second kappa shape index (κ2) is 6.55. The zero-order valence-corrected chi connectivity index (χ0v) is 12.2. The quantitative estimate of drug-likeness (QED) is 0.618. The number of hydrogen-bond donors (Lipinski definition) is 1. The highest BCUT2D eigenvalue weighted by Crippen LogP contribution is 2.06. The second-order valence-corrected chi connectivity index (χ2v) is 6.49. The zero-order chi connectivity index (χ0) is 15.3. The molecule has 112 valence electrons. The number of carbonyl (C=O) groups is 1. The Bertz CT molecular complexity index is 736. The lowest BCUT2D eigenvalue weighted by Gasteiger charge is -2.03. The summed E-state index contributed by atoms with van der Waals surface area (Å²) in [6, 6.07) is 3.29. The fourth-order valence-electron chi connectivity index (χ4n) is 1.42. The molecule has 21 heavy (non-hydrogen) atoms. The van der Waals surface area contributed by atoms with Gasteiger partial charge in [0.15, 0.2) is 9.84 Å². The Morgan fingerprint density at radius 2 is 2.38 bits per heavy atom. The number of aromatic nitrogens is 2. The predicted octanol–water partition coefficient (Wildman–Crippen LogP) is 0.652. The summed E-state index contributed by atoms with van der Waals surface area (Å²) in [7, 11) is -3.67. The van der Waals surface area contributed by atoms with E-state index in [2.05, 4.69) is 15.6 Å². The maximum Gasteiger partial charge on any atom is 0.255 e. The lowest BCUT2D eigenvalue weighted by Crippen LogP contribution is -2.28. The van der Waals surface area contributed by atoms with E-state index in [1.54, 1.807) is 12.1 Å². The first-order valence-electron chi connectivity index (χ1n) is 5.68. The summed E-state index contributed by atoms with van der Waals surface area (Å²) in [5.41, 5.74) is 2.10. The SMILES string of the molecule is O=C(CS(=O)(=O)Cn1cc(Cl)cn1)N/N=C/c1ccco1. The number of halogens is 1. The molecule has 0 aliphatic rings. The third-order valence-corrected chi connectivity index (χ3v) is 3.76. The minimum atomic E-state index is -3.67. The van der Waals surface area contributed by atoms with E-state index in [1.165, 1.54) is 24.9 Å². The van der Waals surface area contributed by atoms with Gasteiger partial charge in [0.05, 0.1) is 23.7 Å². The summed E-state index contributed by atoms with van der Waals surface area (Å²) in [4.78, 5) is 11.5. The molecule has 0 fully saturated rings. The van der Waals surface area contributed by atoms with Crippen molar-refractivity contribution < 1.29 is 17.6 Å². The average molecular weight is 331 g/mol. The number of hydrogen-bond acceptors (Lipinski definition) is 6. The van der Waals surface area contributed by atoms with Crippen LogP contribution in [0.5, 0.6) is 0 Å². The summed E-state index contributed by atoms with van der Waals surface area (Å²) in [5, 5.41) is 7.64. The van der Waals surface area contributed by atoms with Crippen LogP contribution < -0.4 is 5.43 Å². The van der Waals surface area contributed by atoms with Gasteiger partial charge in [-0.05, 0) is 12.1 Å². The normalized spacial score (nSPS) is 11.9. The van der Waals surface area contributed by atoms with Gasteiger partial charge in [-0.2, -0.15) is 10.2 Å². The van der Waals surface area contributed by atoms with Crippen molar-refractivity contribution in [3.63, 3.8) is 0 Å². The first kappa shape index (κ1) is 15.3. The molecule has 0 spiro atoms. The number of furan rings is 1. The Morgan fingerprint density at radius 1 is 1.57 bits per heavy atom. The number of sulfone groups is 1. The van der Waals surface area contributed by atoms with Gasteiger partial charge in [-0.25, -0.2) is 13.8 Å². The van der Waals surface area contributed by atoms with Crippen LogP contribution in [0.25, 0.3) is 0 Å². The van der Waals surface area contributed by atoms with Gasteiger partial charge in [0, 0.05) is 6.20 Å². The van der Waals surface area contributed by atoms with Crippen molar-refractivity contribution in [3.05, 3.63) is 41.6 Å². The molecule has 0 saturated carbocycles. The monoisotopic (exact) mass is 330 g/mol. The average Bonchev–Trinajstić information content (AvgIpc) is 3.00. The van der Waals surface area contributed by atoms with Crippen molar-refractivity contribution in [1.29, 1.82) is 0 Å². The Labute approximate surface area is 125 Å². The number of amides is 1. The van der Waals surface area contributed by atoms with Gasteiger partial charge < -0.3 is 4.42 Å². The molecule has 0 saturated heterocycles. The molecule has 0 aromatic carbocycles. The standard InChI is InChI=1S/C11H11ClN4O4S/c12-9-4-14-16(6-9)8-21(18,19)7-11(17)15-13-5-10-2-1-3-20-10/h1-6H,7-8H2,(H,15,17)/b13-5+. The van der Waals surface area contributed by atoms with Crippen molar-refractivity contribution >= 4 is 33.6 Å². The van der Waals surface area contributed by atoms with Crippen molar-refractivity contribution in [3.8, 4) is 0 Å². The number of hydrazone groups is 1. The first-order valence-corrected chi connectivity index (χ1v) is 7.88. The molecule has 0 aliphatic heterocycles. The van der Waals surface area contributed by atoms with Crippen LogP contribution in [0.15, 0.2) is 40.3 Å². The lowest BCUT2D eigenvalue weighted by atomic mass is 10.5. The molecule has 0 atom stereocenters. The number of carbonyl (C=O) groups excluding carboxylic acids is 1. The summed E-state index contributed by atoms with van der Waals surface area (Å²) in [5.74, 6) is -1.46. The van der Waals surface area contributed by atoms with E-state index in [4.69, 9.17) is 16.0 Å². The fourth-order valence-corrected chi connectivity index (χ4v) is 2.68. The molecule has 2 aromatic rings. The first-order chi connectivity index (χ1) is 9.94. The van der Waals surface area contributed by atoms with E-state index >= 15 is 0 Å². The Morgan fingerprint density at radius 3 is 3.00 bits per heavy atom. The largest absolute Gasteiger partial charge is 0.463 e. The van der Waals surface area contributed by atoms with Crippen LogP contribution in [0.4, 0.5) is 0 Å². The Hall–Kier alpha value is -2.13. The van der Waals surface area contributed by atoms with Gasteiger partial charge >= 0.3 is 0 Å². The van der Waals surface area contributed by atoms with Crippen LogP contribution in [0.2, 0.25) is 5.02 Å². The topological polar surface area (TPSA) is 107 Å². The number of rotatable bonds is 6. The summed E-state index contributed by atoms with van der Waals surface area (Å²) >= 11 is 5.63. The molecule has 1 N–H and O–H groups in total. The molecule has 0 bridgehead atoms. The van der Waals surface area contributed by atoms with Gasteiger partial charge in [-0.1, -0.05) is 11.6 Å². The van der Waals surface area contributed by atoms with E-state index in [0.717, 1.165) is 4.68 Å². The third-order valence-electron chi connectivity index (χ3n) is 2.21. The molecular weight excluding hydrogens is 320 g/mol. The van der Waals surface area contributed by atoms with Gasteiger partial charge in [0.1, 0.15) is 17.4 Å². The summed E-state index contributed by atoms with van der Waals surface area (Å²) in [6.45, 7) is 0. The van der Waals surface area contributed by atoms with Crippen molar-refractivity contribution in [2.75, 3.05) is 5.75 Å². The van der Waals surface area contributed by atoms with E-state index in [0.29, 0.717) is 10.8 Å². The highest BCUT2D eigenvalue weighted by molar-refractivity contribution is 7.91. The maximum absolute atomic E-state index is 11.8. The molecular formula is C11H11ClN4O4S. The lowest BCUT2D eigenvalue weighted by molar-refractivity contribution is -0.118. The van der Waals surface area contributed by atoms with Gasteiger partial charge in [0.25, 0.3) is 5.91 Å². The van der Waals surface area contributed by atoms with E-state index < -0.39 is 27.4 Å². The van der Waals surface area contributed by atoms with Crippen LogP contribution in [0.3, 0.4) is 0 Å². The molecule has 0 unspecified atom stereocenters. The number of nitrogens with one attached hydrogen (secondary N) is 1. The predicted molar refractivity (Wildman–Crippen MR) is 75.5 cm³/mol. The van der Waals surface area contributed by atoms with Gasteiger partial charge in [0.2, 0.25) is 0 Å². The van der Waals surface area contributed by atoms with Crippen LogP contribution in [0, 0.1) is 0 Å². The molecule has 2 rings (SSSR count). The van der Waals surface area contributed by atoms with Crippen LogP contribution >= 0.6 is 11.6 Å². The summed E-state index contributed by atoms with van der Waals surface area (Å²) in [6.07, 6.45) is 5.37. The minimum absolute atomic E-state index is 0.317. The highest BCUT2D eigenvalue weighted by Gasteiger charge is 2.17. The molecule has 8 nitrogen and oxygen atoms in total. The fraction of sp³-hybridized carbons (Fsp3) is 0.182. The maximum atomic E-state index is 11.8. The van der Waals surface area contributed by atoms with Crippen molar-refractivity contribution in [2.24, 2.45) is 5.10 Å². The van der Waals surface area contributed by atoms with Gasteiger partial charge in [-0.3, -0.25) is 9.48 Å². The third kappa shape index (κ3) is 5.04. The van der Waals surface area contributed by atoms with E-state index in [1.807, 2.05) is 0 Å². The smallest absolute Gasteiger partial charge is 0.255 e. The second-order valence-electron chi connectivity index (χ2n) is 4.02. The Balaban J connectivity index is 1.86. The van der Waals surface area contributed by atoms with Crippen molar-refractivity contribution in [1.82, 2.24) is 15.2 Å². The minimum Gasteiger partial charge on any atom is -0.463 e.